The fourth-order valence-electron chi connectivity index (χ4n) is 2.08. The van der Waals surface area contributed by atoms with Crippen LogP contribution < -0.4 is 14.8 Å². The molecule has 0 unspecified atom stereocenters. The van der Waals surface area contributed by atoms with Crippen LogP contribution in [0.1, 0.15) is 0 Å². The van der Waals surface area contributed by atoms with Gasteiger partial charge in [0, 0.05) is 19.6 Å². The van der Waals surface area contributed by atoms with Crippen LogP contribution in [0.5, 0.6) is 11.5 Å². The summed E-state index contributed by atoms with van der Waals surface area (Å²) in [6.07, 6.45) is 0. The van der Waals surface area contributed by atoms with E-state index in [1.54, 1.807) is 6.07 Å². The van der Waals surface area contributed by atoms with Crippen molar-refractivity contribution >= 4 is 11.6 Å². The molecular weight excluding hydrogens is 278 g/mol. The number of methoxy groups -OCH3 is 1. The third-order valence-corrected chi connectivity index (χ3v) is 3.14. The van der Waals surface area contributed by atoms with Gasteiger partial charge in [0.1, 0.15) is 12.4 Å². The monoisotopic (exact) mass is 295 g/mol. The Balaban J connectivity index is 1.89. The van der Waals surface area contributed by atoms with Crippen LogP contribution in [0.15, 0.2) is 18.2 Å². The van der Waals surface area contributed by atoms with Gasteiger partial charge in [-0.2, -0.15) is 0 Å². The lowest BCUT2D eigenvalue weighted by Crippen LogP contribution is -2.48. The minimum Gasteiger partial charge on any atom is -0.492 e. The highest BCUT2D eigenvalue weighted by Crippen LogP contribution is 2.30. The summed E-state index contributed by atoms with van der Waals surface area (Å²) in [5, 5.41) is 13.6. The Morgan fingerprint density at radius 2 is 2.29 bits per heavy atom. The van der Waals surface area contributed by atoms with Crippen LogP contribution in [-0.2, 0) is 4.79 Å². The molecule has 0 spiro atoms. The lowest BCUT2D eigenvalue weighted by Gasteiger charge is -2.26. The number of carbonyl (C=O) groups is 1. The Hall–Kier alpha value is -2.35. The summed E-state index contributed by atoms with van der Waals surface area (Å²) in [5.74, 6) is 0.602. The SMILES string of the molecule is COc1ccc(OCCN2CCNC(=O)C2)cc1[N+](=O)[O-]. The second-order valence-electron chi connectivity index (χ2n) is 4.57. The minimum absolute atomic E-state index is 0.00124. The Kier molecular flexibility index (Phi) is 4.94. The van der Waals surface area contributed by atoms with Gasteiger partial charge in [0.15, 0.2) is 5.75 Å². The molecule has 1 aromatic carbocycles. The van der Waals surface area contributed by atoms with Gasteiger partial charge in [-0.25, -0.2) is 0 Å². The molecule has 0 saturated carbocycles. The van der Waals surface area contributed by atoms with Crippen molar-refractivity contribution < 1.29 is 19.2 Å². The van der Waals surface area contributed by atoms with Crippen LogP contribution >= 0.6 is 0 Å². The molecule has 0 aromatic heterocycles. The molecule has 0 aliphatic carbocycles. The molecule has 8 heteroatoms. The first kappa shape index (κ1) is 15.0. The number of rotatable bonds is 6. The number of nitro groups is 1. The third-order valence-electron chi connectivity index (χ3n) is 3.14. The van der Waals surface area contributed by atoms with E-state index in [0.29, 0.717) is 32.0 Å². The van der Waals surface area contributed by atoms with E-state index in [-0.39, 0.29) is 17.3 Å². The van der Waals surface area contributed by atoms with E-state index >= 15 is 0 Å². The lowest BCUT2D eigenvalue weighted by atomic mass is 10.3. The molecule has 1 N–H and O–H groups in total. The maximum Gasteiger partial charge on any atom is 0.314 e. The topological polar surface area (TPSA) is 93.9 Å². The van der Waals surface area contributed by atoms with Crippen LogP contribution in [0, 0.1) is 10.1 Å². The number of hydrogen-bond donors (Lipinski definition) is 1. The van der Waals surface area contributed by atoms with E-state index in [4.69, 9.17) is 9.47 Å². The fraction of sp³-hybridized carbons (Fsp3) is 0.462. The largest absolute Gasteiger partial charge is 0.492 e. The fourth-order valence-corrected chi connectivity index (χ4v) is 2.08. The smallest absolute Gasteiger partial charge is 0.314 e. The summed E-state index contributed by atoms with van der Waals surface area (Å²) in [4.78, 5) is 23.6. The van der Waals surface area contributed by atoms with Crippen molar-refractivity contribution in [2.24, 2.45) is 0 Å². The summed E-state index contributed by atoms with van der Waals surface area (Å²) in [5.41, 5.74) is -0.132. The Bertz CT molecular complexity index is 535. The zero-order valence-corrected chi connectivity index (χ0v) is 11.7. The molecule has 0 radical (unpaired) electrons. The molecule has 0 bridgehead atoms. The average Bonchev–Trinajstić information content (AvgIpc) is 2.47. The quantitative estimate of drug-likeness (QED) is 0.603. The van der Waals surface area contributed by atoms with Crippen LogP contribution in [-0.4, -0.2) is 55.6 Å². The number of hydrogen-bond acceptors (Lipinski definition) is 6. The first-order chi connectivity index (χ1) is 10.1. The van der Waals surface area contributed by atoms with Gasteiger partial charge in [-0.3, -0.25) is 19.8 Å². The van der Waals surface area contributed by atoms with Gasteiger partial charge in [0.2, 0.25) is 5.91 Å². The normalized spacial score (nSPS) is 15.4. The number of benzene rings is 1. The molecule has 1 saturated heterocycles. The van der Waals surface area contributed by atoms with Gasteiger partial charge < -0.3 is 14.8 Å². The second-order valence-corrected chi connectivity index (χ2v) is 4.57. The molecule has 2 rings (SSSR count). The van der Waals surface area contributed by atoms with E-state index < -0.39 is 4.92 Å². The molecule has 0 atom stereocenters. The maximum absolute atomic E-state index is 11.2. The zero-order chi connectivity index (χ0) is 15.2. The molecule has 1 aromatic rings. The molecule has 114 valence electrons. The number of amides is 1. The van der Waals surface area contributed by atoms with Crippen LogP contribution in [0.2, 0.25) is 0 Å². The number of carbonyl (C=O) groups excluding carboxylic acids is 1. The highest BCUT2D eigenvalue weighted by Gasteiger charge is 2.17. The number of ether oxygens (including phenoxy) is 2. The highest BCUT2D eigenvalue weighted by atomic mass is 16.6. The van der Waals surface area contributed by atoms with Crippen molar-refractivity contribution in [2.75, 3.05) is 39.9 Å². The third kappa shape index (κ3) is 4.06. The van der Waals surface area contributed by atoms with Crippen molar-refractivity contribution in [3.05, 3.63) is 28.3 Å². The van der Waals surface area contributed by atoms with Gasteiger partial charge >= 0.3 is 5.69 Å². The predicted molar refractivity (Wildman–Crippen MR) is 74.6 cm³/mol. The van der Waals surface area contributed by atoms with E-state index in [1.807, 2.05) is 4.90 Å². The Labute approximate surface area is 121 Å². The summed E-state index contributed by atoms with van der Waals surface area (Å²) in [7, 11) is 1.38. The molecule has 21 heavy (non-hydrogen) atoms. The molecule has 1 aliphatic rings. The Morgan fingerprint density at radius 1 is 1.48 bits per heavy atom. The van der Waals surface area contributed by atoms with Crippen LogP contribution in [0.25, 0.3) is 0 Å². The molecule has 1 aliphatic heterocycles. The molecule has 1 heterocycles. The number of nitro benzene ring substituents is 1. The van der Waals surface area contributed by atoms with Crippen LogP contribution in [0.4, 0.5) is 5.69 Å². The first-order valence-corrected chi connectivity index (χ1v) is 6.54. The van der Waals surface area contributed by atoms with Crippen molar-refractivity contribution in [1.82, 2.24) is 10.2 Å². The maximum atomic E-state index is 11.2. The highest BCUT2D eigenvalue weighted by molar-refractivity contribution is 5.78. The predicted octanol–water partition coefficient (Wildman–Crippen LogP) is 0.414. The second kappa shape index (κ2) is 6.89. The van der Waals surface area contributed by atoms with E-state index in [0.717, 1.165) is 6.54 Å². The lowest BCUT2D eigenvalue weighted by molar-refractivity contribution is -0.385. The number of nitrogens with zero attached hydrogens (tertiary/aromatic N) is 2. The zero-order valence-electron chi connectivity index (χ0n) is 11.7. The average molecular weight is 295 g/mol. The van der Waals surface area contributed by atoms with Gasteiger partial charge in [-0.15, -0.1) is 0 Å². The summed E-state index contributed by atoms with van der Waals surface area (Å²) in [6.45, 7) is 2.71. The molecule has 1 amide bonds. The van der Waals surface area contributed by atoms with Gasteiger partial charge in [0.05, 0.1) is 24.6 Å². The van der Waals surface area contributed by atoms with Crippen molar-refractivity contribution in [1.29, 1.82) is 0 Å². The molecule has 8 nitrogen and oxygen atoms in total. The number of nitrogens with one attached hydrogen (secondary N) is 1. The van der Waals surface area contributed by atoms with Crippen molar-refractivity contribution in [3.63, 3.8) is 0 Å². The van der Waals surface area contributed by atoms with Crippen molar-refractivity contribution in [2.45, 2.75) is 0 Å². The summed E-state index contributed by atoms with van der Waals surface area (Å²) >= 11 is 0. The van der Waals surface area contributed by atoms with Crippen molar-refractivity contribution in [3.8, 4) is 11.5 Å². The van der Waals surface area contributed by atoms with E-state index in [1.165, 1.54) is 19.2 Å². The van der Waals surface area contributed by atoms with Gasteiger partial charge in [-0.05, 0) is 12.1 Å². The van der Waals surface area contributed by atoms with Gasteiger partial charge in [-0.1, -0.05) is 0 Å². The summed E-state index contributed by atoms with van der Waals surface area (Å²) in [6, 6.07) is 4.46. The standard InChI is InChI=1S/C13H17N3O5/c1-20-12-3-2-10(8-11(12)16(18)19)21-7-6-15-5-4-14-13(17)9-15/h2-3,8H,4-7,9H2,1H3,(H,14,17). The van der Waals surface area contributed by atoms with Gasteiger partial charge in [0.25, 0.3) is 0 Å². The molecular formula is C13H17N3O5. The first-order valence-electron chi connectivity index (χ1n) is 6.54. The Morgan fingerprint density at radius 3 is 2.95 bits per heavy atom. The summed E-state index contributed by atoms with van der Waals surface area (Å²) < 4.78 is 10.4. The van der Waals surface area contributed by atoms with E-state index in [2.05, 4.69) is 5.32 Å². The minimum atomic E-state index is -0.513. The number of piperazine rings is 1. The van der Waals surface area contributed by atoms with E-state index in [9.17, 15) is 14.9 Å². The van der Waals surface area contributed by atoms with Crippen LogP contribution in [0.3, 0.4) is 0 Å². The molecule has 1 fully saturated rings.